The second-order valence-electron chi connectivity index (χ2n) is 3.95. The average Bonchev–Trinajstić information content (AvgIpc) is 2.57. The molecule has 0 aromatic carbocycles. The first-order valence-corrected chi connectivity index (χ1v) is 7.29. The van der Waals surface area contributed by atoms with E-state index >= 15 is 0 Å². The van der Waals surface area contributed by atoms with Crippen molar-refractivity contribution >= 4 is 21.4 Å². The van der Waals surface area contributed by atoms with Gasteiger partial charge in [0, 0.05) is 25.0 Å². The molecule has 1 unspecified atom stereocenters. The van der Waals surface area contributed by atoms with Gasteiger partial charge in [0.05, 0.1) is 16.5 Å². The van der Waals surface area contributed by atoms with Gasteiger partial charge in [-0.3, -0.25) is 4.98 Å². The summed E-state index contributed by atoms with van der Waals surface area (Å²) in [5.41, 5.74) is 0.945. The summed E-state index contributed by atoms with van der Waals surface area (Å²) in [5, 5.41) is 3.81. The topological polar surface area (TPSA) is 59.1 Å². The van der Waals surface area contributed by atoms with Crippen molar-refractivity contribution in [2.75, 3.05) is 11.5 Å². The number of hydrogen-bond acceptors (Lipinski definition) is 4. The number of pyridine rings is 1. The second kappa shape index (κ2) is 4.69. The number of nitrogens with zero attached hydrogens (tertiary/aromatic N) is 1. The van der Waals surface area contributed by atoms with E-state index in [1.807, 2.05) is 6.07 Å². The summed E-state index contributed by atoms with van der Waals surface area (Å²) in [6.45, 7) is 0.585. The van der Waals surface area contributed by atoms with Crippen LogP contribution < -0.4 is 5.32 Å². The predicted octanol–water partition coefficient (Wildman–Crippen LogP) is 1.01. The lowest BCUT2D eigenvalue weighted by atomic mass is 10.2. The van der Waals surface area contributed by atoms with E-state index in [-0.39, 0.29) is 17.5 Å². The van der Waals surface area contributed by atoms with E-state index in [9.17, 15) is 8.42 Å². The molecule has 4 nitrogen and oxygen atoms in total. The fraction of sp³-hybridized carbons (Fsp3) is 0.500. The molecular weight excluding hydrogens is 248 g/mol. The van der Waals surface area contributed by atoms with Crippen LogP contribution in [0.3, 0.4) is 0 Å². The normalized spacial score (nSPS) is 23.4. The second-order valence-corrected chi connectivity index (χ2v) is 6.58. The van der Waals surface area contributed by atoms with Crippen LogP contribution >= 0.6 is 11.6 Å². The van der Waals surface area contributed by atoms with Gasteiger partial charge in [-0.15, -0.1) is 0 Å². The van der Waals surface area contributed by atoms with Gasteiger partial charge in [0.25, 0.3) is 0 Å². The lowest BCUT2D eigenvalue weighted by Gasteiger charge is -2.11. The Morgan fingerprint density at radius 2 is 2.38 bits per heavy atom. The van der Waals surface area contributed by atoms with E-state index in [2.05, 4.69) is 10.3 Å². The number of sulfone groups is 1. The SMILES string of the molecule is O=S1(=O)CCC(NCc2ccncc2Cl)C1. The maximum atomic E-state index is 11.2. The quantitative estimate of drug-likeness (QED) is 0.881. The van der Waals surface area contributed by atoms with Crippen LogP contribution in [0.5, 0.6) is 0 Å². The monoisotopic (exact) mass is 260 g/mol. The fourth-order valence-corrected chi connectivity index (χ4v) is 3.65. The van der Waals surface area contributed by atoms with Crippen molar-refractivity contribution in [3.8, 4) is 0 Å². The van der Waals surface area contributed by atoms with Crippen LogP contribution in [0.25, 0.3) is 0 Å². The van der Waals surface area contributed by atoms with Gasteiger partial charge < -0.3 is 5.32 Å². The number of rotatable bonds is 3. The van der Waals surface area contributed by atoms with Crippen molar-refractivity contribution in [1.29, 1.82) is 0 Å². The third-order valence-corrected chi connectivity index (χ3v) is 4.78. The Kier molecular flexibility index (Phi) is 3.47. The third kappa shape index (κ3) is 2.93. The van der Waals surface area contributed by atoms with Crippen molar-refractivity contribution < 1.29 is 8.42 Å². The zero-order chi connectivity index (χ0) is 11.6. The molecule has 1 N–H and O–H groups in total. The predicted molar refractivity (Wildman–Crippen MR) is 63.1 cm³/mol. The van der Waals surface area contributed by atoms with Crippen LogP contribution in [-0.4, -0.2) is 30.9 Å². The minimum atomic E-state index is -2.82. The van der Waals surface area contributed by atoms with E-state index in [1.54, 1.807) is 12.4 Å². The number of halogens is 1. The zero-order valence-electron chi connectivity index (χ0n) is 8.69. The summed E-state index contributed by atoms with van der Waals surface area (Å²) in [4.78, 5) is 3.89. The largest absolute Gasteiger partial charge is 0.309 e. The van der Waals surface area contributed by atoms with Crippen molar-refractivity contribution in [2.45, 2.75) is 19.0 Å². The summed E-state index contributed by atoms with van der Waals surface area (Å²) < 4.78 is 22.5. The van der Waals surface area contributed by atoms with E-state index < -0.39 is 9.84 Å². The molecule has 2 rings (SSSR count). The molecule has 88 valence electrons. The number of hydrogen-bond donors (Lipinski definition) is 1. The van der Waals surface area contributed by atoms with E-state index in [0.29, 0.717) is 18.0 Å². The summed E-state index contributed by atoms with van der Waals surface area (Å²) >= 11 is 5.94. The molecule has 0 spiro atoms. The molecule has 1 fully saturated rings. The molecular formula is C10H13ClN2O2S. The molecule has 6 heteroatoms. The number of aromatic nitrogens is 1. The van der Waals surface area contributed by atoms with Crippen LogP contribution in [0, 0.1) is 0 Å². The van der Waals surface area contributed by atoms with Crippen molar-refractivity contribution in [3.63, 3.8) is 0 Å². The smallest absolute Gasteiger partial charge is 0.151 e. The van der Waals surface area contributed by atoms with Gasteiger partial charge in [-0.2, -0.15) is 0 Å². The highest BCUT2D eigenvalue weighted by atomic mass is 35.5. The Morgan fingerprint density at radius 3 is 3.00 bits per heavy atom. The van der Waals surface area contributed by atoms with Gasteiger partial charge in [-0.25, -0.2) is 8.42 Å². The van der Waals surface area contributed by atoms with Gasteiger partial charge in [0.1, 0.15) is 0 Å². The molecule has 1 aliphatic heterocycles. The Labute approximate surface area is 99.9 Å². The molecule has 1 atom stereocenters. The van der Waals surface area contributed by atoms with Gasteiger partial charge in [0.15, 0.2) is 9.84 Å². The summed E-state index contributed by atoms with van der Waals surface area (Å²) in [6, 6.07) is 1.88. The maximum Gasteiger partial charge on any atom is 0.151 e. The third-order valence-electron chi connectivity index (χ3n) is 2.67. The van der Waals surface area contributed by atoms with Crippen LogP contribution in [0.1, 0.15) is 12.0 Å². The average molecular weight is 261 g/mol. The van der Waals surface area contributed by atoms with Gasteiger partial charge in [-0.05, 0) is 18.1 Å². The maximum absolute atomic E-state index is 11.2. The summed E-state index contributed by atoms with van der Waals surface area (Å²) in [5.74, 6) is 0.518. The van der Waals surface area contributed by atoms with Crippen molar-refractivity contribution in [2.24, 2.45) is 0 Å². The molecule has 1 saturated heterocycles. The summed E-state index contributed by atoms with van der Waals surface area (Å²) in [6.07, 6.45) is 3.95. The van der Waals surface area contributed by atoms with Gasteiger partial charge in [-0.1, -0.05) is 11.6 Å². The molecule has 1 aromatic heterocycles. The molecule has 0 amide bonds. The van der Waals surface area contributed by atoms with Crippen LogP contribution in [-0.2, 0) is 16.4 Å². The molecule has 0 saturated carbocycles. The van der Waals surface area contributed by atoms with Crippen LogP contribution in [0.15, 0.2) is 18.5 Å². The van der Waals surface area contributed by atoms with Crippen LogP contribution in [0.4, 0.5) is 0 Å². The number of nitrogens with one attached hydrogen (secondary N) is 1. The first kappa shape index (κ1) is 11.8. The zero-order valence-corrected chi connectivity index (χ0v) is 10.3. The molecule has 1 aliphatic rings. The van der Waals surface area contributed by atoms with E-state index in [4.69, 9.17) is 11.6 Å². The molecule has 0 bridgehead atoms. The lowest BCUT2D eigenvalue weighted by Crippen LogP contribution is -2.29. The van der Waals surface area contributed by atoms with E-state index in [0.717, 1.165) is 5.56 Å². The Bertz CT molecular complexity index is 475. The molecule has 0 radical (unpaired) electrons. The van der Waals surface area contributed by atoms with E-state index in [1.165, 1.54) is 0 Å². The Balaban J connectivity index is 1.92. The highest BCUT2D eigenvalue weighted by molar-refractivity contribution is 7.91. The molecule has 2 heterocycles. The summed E-state index contributed by atoms with van der Waals surface area (Å²) in [7, 11) is -2.82. The molecule has 1 aromatic rings. The first-order chi connectivity index (χ1) is 7.57. The van der Waals surface area contributed by atoms with Crippen LogP contribution in [0.2, 0.25) is 5.02 Å². The van der Waals surface area contributed by atoms with Gasteiger partial charge >= 0.3 is 0 Å². The lowest BCUT2D eigenvalue weighted by molar-refractivity contribution is 0.554. The highest BCUT2D eigenvalue weighted by Gasteiger charge is 2.27. The molecule has 16 heavy (non-hydrogen) atoms. The highest BCUT2D eigenvalue weighted by Crippen LogP contribution is 2.15. The van der Waals surface area contributed by atoms with Gasteiger partial charge in [0.2, 0.25) is 0 Å². The Hall–Kier alpha value is -0.650. The molecule has 0 aliphatic carbocycles. The Morgan fingerprint density at radius 1 is 1.56 bits per heavy atom. The fourth-order valence-electron chi connectivity index (χ4n) is 1.76. The minimum Gasteiger partial charge on any atom is -0.309 e. The van der Waals surface area contributed by atoms with Crippen molar-refractivity contribution in [1.82, 2.24) is 10.3 Å². The first-order valence-electron chi connectivity index (χ1n) is 5.09. The van der Waals surface area contributed by atoms with Crippen molar-refractivity contribution in [3.05, 3.63) is 29.0 Å². The standard InChI is InChI=1S/C10H13ClN2O2S/c11-10-6-12-3-1-8(10)5-13-9-2-4-16(14,15)7-9/h1,3,6,9,13H,2,4-5,7H2. The minimum absolute atomic E-state index is 0.0502.